The smallest absolute Gasteiger partial charge is 0.0965 e. The summed E-state index contributed by atoms with van der Waals surface area (Å²) in [6.45, 7) is 4.45. The largest absolute Gasteiger partial charge is 0.329 e. The number of hydrogen-bond donors (Lipinski definition) is 2. The van der Waals surface area contributed by atoms with Crippen molar-refractivity contribution in [3.05, 3.63) is 11.9 Å². The van der Waals surface area contributed by atoms with E-state index in [1.165, 1.54) is 25.7 Å². The van der Waals surface area contributed by atoms with Crippen molar-refractivity contribution >= 4 is 0 Å². The molecule has 1 heterocycles. The highest BCUT2D eigenvalue weighted by Gasteiger charge is 2.27. The summed E-state index contributed by atoms with van der Waals surface area (Å²) in [6.07, 6.45) is 7.18. The fraction of sp³-hybridized carbons (Fsp3) is 0.818. The molecule has 0 unspecified atom stereocenters. The third-order valence-corrected chi connectivity index (χ3v) is 3.35. The van der Waals surface area contributed by atoms with Crippen LogP contribution in [0, 0.1) is 0 Å². The van der Waals surface area contributed by atoms with Crippen LogP contribution in [0.15, 0.2) is 6.20 Å². The van der Waals surface area contributed by atoms with Crippen molar-refractivity contribution in [1.82, 2.24) is 20.3 Å². The van der Waals surface area contributed by atoms with E-state index >= 15 is 0 Å². The molecule has 0 bridgehead atoms. The summed E-state index contributed by atoms with van der Waals surface area (Å²) in [5.41, 5.74) is 6.76. The molecule has 1 aliphatic rings. The average Bonchev–Trinajstić information content (AvgIpc) is 2.86. The molecule has 1 aromatic rings. The number of aromatic nitrogens is 3. The van der Waals surface area contributed by atoms with Crippen molar-refractivity contribution in [2.24, 2.45) is 5.73 Å². The monoisotopic (exact) mass is 223 g/mol. The van der Waals surface area contributed by atoms with Crippen LogP contribution in [0.1, 0.15) is 38.3 Å². The zero-order valence-electron chi connectivity index (χ0n) is 9.95. The van der Waals surface area contributed by atoms with Crippen LogP contribution in [-0.4, -0.2) is 27.1 Å². The van der Waals surface area contributed by atoms with Crippen molar-refractivity contribution in [3.8, 4) is 0 Å². The average molecular weight is 223 g/mol. The van der Waals surface area contributed by atoms with Gasteiger partial charge in [0, 0.05) is 24.8 Å². The number of hydrogen-bond acceptors (Lipinski definition) is 4. The SMILES string of the molecule is CC1(NCc2cn(CCN)nn2)CCCC1. The first-order valence-corrected chi connectivity index (χ1v) is 6.06. The van der Waals surface area contributed by atoms with Gasteiger partial charge in [0.1, 0.15) is 0 Å². The first-order chi connectivity index (χ1) is 7.72. The van der Waals surface area contributed by atoms with Crippen LogP contribution in [0.3, 0.4) is 0 Å². The second-order valence-electron chi connectivity index (χ2n) is 4.88. The molecule has 3 N–H and O–H groups in total. The topological polar surface area (TPSA) is 68.8 Å². The van der Waals surface area contributed by atoms with E-state index in [4.69, 9.17) is 5.73 Å². The minimum atomic E-state index is 0.303. The minimum Gasteiger partial charge on any atom is -0.329 e. The molecule has 0 aromatic carbocycles. The van der Waals surface area contributed by atoms with E-state index in [0.29, 0.717) is 12.1 Å². The number of rotatable bonds is 5. The zero-order chi connectivity index (χ0) is 11.4. The second-order valence-corrected chi connectivity index (χ2v) is 4.88. The molecule has 0 atom stereocenters. The van der Waals surface area contributed by atoms with E-state index in [2.05, 4.69) is 22.6 Å². The van der Waals surface area contributed by atoms with Gasteiger partial charge < -0.3 is 11.1 Å². The molecule has 0 amide bonds. The Kier molecular flexibility index (Phi) is 3.56. The Morgan fingerprint density at radius 3 is 2.94 bits per heavy atom. The van der Waals surface area contributed by atoms with Crippen molar-refractivity contribution in [2.45, 2.75) is 51.2 Å². The lowest BCUT2D eigenvalue weighted by atomic mass is 10.0. The summed E-state index contributed by atoms with van der Waals surface area (Å²) in [7, 11) is 0. The van der Waals surface area contributed by atoms with Crippen LogP contribution in [0.5, 0.6) is 0 Å². The van der Waals surface area contributed by atoms with Gasteiger partial charge in [-0.1, -0.05) is 18.1 Å². The Labute approximate surface area is 96.4 Å². The van der Waals surface area contributed by atoms with E-state index in [0.717, 1.165) is 18.8 Å². The fourth-order valence-electron chi connectivity index (χ4n) is 2.30. The third-order valence-electron chi connectivity index (χ3n) is 3.35. The molecular weight excluding hydrogens is 202 g/mol. The standard InChI is InChI=1S/C11H21N5/c1-11(4-2-3-5-11)13-8-10-9-16(7-6-12)15-14-10/h9,13H,2-8,12H2,1H3. The molecule has 2 rings (SSSR count). The Hall–Kier alpha value is -0.940. The maximum absolute atomic E-state index is 5.46. The van der Waals surface area contributed by atoms with Crippen LogP contribution in [0.25, 0.3) is 0 Å². The molecular formula is C11H21N5. The van der Waals surface area contributed by atoms with Gasteiger partial charge >= 0.3 is 0 Å². The highest BCUT2D eigenvalue weighted by Crippen LogP contribution is 2.28. The maximum Gasteiger partial charge on any atom is 0.0965 e. The van der Waals surface area contributed by atoms with Gasteiger partial charge in [0.25, 0.3) is 0 Å². The molecule has 0 aliphatic heterocycles. The van der Waals surface area contributed by atoms with Crippen molar-refractivity contribution in [1.29, 1.82) is 0 Å². The quantitative estimate of drug-likeness (QED) is 0.769. The molecule has 1 aliphatic carbocycles. The third kappa shape index (κ3) is 2.80. The molecule has 1 fully saturated rings. The van der Waals surface area contributed by atoms with Crippen LogP contribution in [0.4, 0.5) is 0 Å². The number of nitrogens with one attached hydrogen (secondary N) is 1. The van der Waals surface area contributed by atoms with E-state index in [-0.39, 0.29) is 0 Å². The van der Waals surface area contributed by atoms with Crippen LogP contribution in [0.2, 0.25) is 0 Å². The van der Waals surface area contributed by atoms with Gasteiger partial charge in [0.2, 0.25) is 0 Å². The highest BCUT2D eigenvalue weighted by atomic mass is 15.4. The Morgan fingerprint density at radius 2 is 2.25 bits per heavy atom. The Balaban J connectivity index is 1.84. The normalized spacial score (nSPS) is 19.1. The molecule has 0 saturated heterocycles. The van der Waals surface area contributed by atoms with E-state index < -0.39 is 0 Å². The summed E-state index contributed by atoms with van der Waals surface area (Å²) in [5.74, 6) is 0. The van der Waals surface area contributed by atoms with Crippen molar-refractivity contribution in [2.75, 3.05) is 6.54 Å². The van der Waals surface area contributed by atoms with Crippen LogP contribution < -0.4 is 11.1 Å². The molecule has 16 heavy (non-hydrogen) atoms. The predicted octanol–water partition coefficient (Wildman–Crippen LogP) is 0.659. The molecule has 1 saturated carbocycles. The van der Waals surface area contributed by atoms with Gasteiger partial charge in [-0.25, -0.2) is 0 Å². The lowest BCUT2D eigenvalue weighted by Crippen LogP contribution is -2.38. The highest BCUT2D eigenvalue weighted by molar-refractivity contribution is 4.96. The first kappa shape index (κ1) is 11.5. The molecule has 90 valence electrons. The van der Waals surface area contributed by atoms with E-state index in [9.17, 15) is 0 Å². The molecule has 0 radical (unpaired) electrons. The van der Waals surface area contributed by atoms with E-state index in [1.807, 2.05) is 6.20 Å². The van der Waals surface area contributed by atoms with Gasteiger partial charge in [-0.3, -0.25) is 4.68 Å². The summed E-state index contributed by atoms with van der Waals surface area (Å²) in [4.78, 5) is 0. The van der Waals surface area contributed by atoms with Gasteiger partial charge in [-0.15, -0.1) is 5.10 Å². The summed E-state index contributed by atoms with van der Waals surface area (Å²) in [6, 6.07) is 0. The molecule has 1 aromatic heterocycles. The molecule has 5 heteroatoms. The summed E-state index contributed by atoms with van der Waals surface area (Å²) < 4.78 is 1.80. The Morgan fingerprint density at radius 1 is 1.50 bits per heavy atom. The predicted molar refractivity (Wildman–Crippen MR) is 62.8 cm³/mol. The molecule has 0 spiro atoms. The lowest BCUT2D eigenvalue weighted by molar-refractivity contribution is 0.360. The number of nitrogens with two attached hydrogens (primary N) is 1. The zero-order valence-corrected chi connectivity index (χ0v) is 9.95. The van der Waals surface area contributed by atoms with Gasteiger partial charge in [-0.2, -0.15) is 0 Å². The first-order valence-electron chi connectivity index (χ1n) is 6.06. The minimum absolute atomic E-state index is 0.303. The second kappa shape index (κ2) is 4.93. The number of nitrogens with zero attached hydrogens (tertiary/aromatic N) is 3. The van der Waals surface area contributed by atoms with Crippen molar-refractivity contribution < 1.29 is 0 Å². The fourth-order valence-corrected chi connectivity index (χ4v) is 2.30. The summed E-state index contributed by atoms with van der Waals surface area (Å²) in [5, 5.41) is 11.7. The maximum atomic E-state index is 5.46. The summed E-state index contributed by atoms with van der Waals surface area (Å²) >= 11 is 0. The Bertz CT molecular complexity index is 327. The van der Waals surface area contributed by atoms with Crippen LogP contribution >= 0.6 is 0 Å². The van der Waals surface area contributed by atoms with Crippen LogP contribution in [-0.2, 0) is 13.1 Å². The van der Waals surface area contributed by atoms with Gasteiger partial charge in [0.05, 0.1) is 12.2 Å². The van der Waals surface area contributed by atoms with Gasteiger partial charge in [-0.05, 0) is 19.8 Å². The molecule has 5 nitrogen and oxygen atoms in total. The lowest BCUT2D eigenvalue weighted by Gasteiger charge is -2.24. The van der Waals surface area contributed by atoms with E-state index in [1.54, 1.807) is 4.68 Å². The van der Waals surface area contributed by atoms with Crippen molar-refractivity contribution in [3.63, 3.8) is 0 Å². The van der Waals surface area contributed by atoms with Gasteiger partial charge in [0.15, 0.2) is 0 Å².